The van der Waals surface area contributed by atoms with Crippen LogP contribution in [0.3, 0.4) is 0 Å². The first kappa shape index (κ1) is 18.5. The number of ether oxygens (including phenoxy) is 1. The van der Waals surface area contributed by atoms with E-state index in [1.807, 2.05) is 0 Å². The number of benzene rings is 1. The van der Waals surface area contributed by atoms with Gasteiger partial charge < -0.3 is 14.9 Å². The predicted molar refractivity (Wildman–Crippen MR) is 89.1 cm³/mol. The number of imide groups is 1. The Kier molecular flexibility index (Phi) is 5.81. The van der Waals surface area contributed by atoms with Gasteiger partial charge in [-0.2, -0.15) is 0 Å². The molecule has 2 amide bonds. The van der Waals surface area contributed by atoms with Crippen molar-refractivity contribution in [3.05, 3.63) is 34.7 Å². The predicted octanol–water partition coefficient (Wildman–Crippen LogP) is 2.05. The van der Waals surface area contributed by atoms with Crippen LogP contribution in [0, 0.1) is 0 Å². The van der Waals surface area contributed by atoms with Gasteiger partial charge in [0.2, 0.25) is 0 Å². The van der Waals surface area contributed by atoms with Crippen LogP contribution in [0.5, 0.6) is 5.75 Å². The lowest BCUT2D eigenvalue weighted by Gasteiger charge is -2.13. The van der Waals surface area contributed by atoms with Crippen LogP contribution in [0.25, 0.3) is 6.08 Å². The molecular formula is C16H15NO7S. The number of hydrogen-bond donors (Lipinski definition) is 2. The van der Waals surface area contributed by atoms with E-state index in [2.05, 4.69) is 0 Å². The van der Waals surface area contributed by atoms with E-state index >= 15 is 0 Å². The van der Waals surface area contributed by atoms with E-state index in [0.29, 0.717) is 34.4 Å². The Labute approximate surface area is 147 Å². The fraction of sp³-hybridized carbons (Fsp3) is 0.250. The van der Waals surface area contributed by atoms with Gasteiger partial charge in [-0.25, -0.2) is 4.79 Å². The number of rotatable bonds is 7. The molecule has 9 heteroatoms. The van der Waals surface area contributed by atoms with Gasteiger partial charge in [-0.1, -0.05) is 19.1 Å². The maximum Gasteiger partial charge on any atom is 0.344 e. The average molecular weight is 365 g/mol. The van der Waals surface area contributed by atoms with Gasteiger partial charge >= 0.3 is 11.9 Å². The van der Waals surface area contributed by atoms with E-state index in [0.717, 1.165) is 0 Å². The van der Waals surface area contributed by atoms with E-state index in [9.17, 15) is 19.2 Å². The van der Waals surface area contributed by atoms with Crippen molar-refractivity contribution >= 4 is 40.9 Å². The van der Waals surface area contributed by atoms with Crippen molar-refractivity contribution in [2.24, 2.45) is 0 Å². The first-order valence-corrected chi connectivity index (χ1v) is 8.10. The lowest BCUT2D eigenvalue weighted by molar-refractivity contribution is -0.145. The van der Waals surface area contributed by atoms with Gasteiger partial charge in [0.1, 0.15) is 12.3 Å². The zero-order valence-corrected chi connectivity index (χ0v) is 14.0. The molecule has 1 aliphatic rings. The molecule has 1 aromatic carbocycles. The van der Waals surface area contributed by atoms with Gasteiger partial charge in [0.05, 0.1) is 4.91 Å². The summed E-state index contributed by atoms with van der Waals surface area (Å²) < 4.78 is 5.33. The summed E-state index contributed by atoms with van der Waals surface area (Å²) in [5, 5.41) is 17.1. The highest BCUT2D eigenvalue weighted by Gasteiger charge is 2.36. The largest absolute Gasteiger partial charge is 0.480 e. The normalized spacial score (nSPS) is 17.0. The molecule has 1 aliphatic heterocycles. The average Bonchev–Trinajstić information content (AvgIpc) is 2.81. The Morgan fingerprint density at radius 3 is 2.40 bits per heavy atom. The molecule has 2 rings (SSSR count). The summed E-state index contributed by atoms with van der Waals surface area (Å²) >= 11 is 0.667. The standard InChI is InChI=1S/C16H15NO7S/c1-2-11(15(21)22)24-10-5-3-9(4-6-10)7-12-14(20)17(8-13(18)19)16(23)25-12/h3-7,11H,2,8H2,1H3,(H,18,19)(H,21,22)/b12-7-. The molecule has 0 aromatic heterocycles. The van der Waals surface area contributed by atoms with E-state index in [-0.39, 0.29) is 4.91 Å². The third kappa shape index (κ3) is 4.60. The highest BCUT2D eigenvalue weighted by atomic mass is 32.2. The van der Waals surface area contributed by atoms with E-state index < -0.39 is 35.7 Å². The Bertz CT molecular complexity index is 741. The molecule has 0 aliphatic carbocycles. The summed E-state index contributed by atoms with van der Waals surface area (Å²) in [6.07, 6.45) is 0.831. The van der Waals surface area contributed by atoms with Crippen LogP contribution >= 0.6 is 11.8 Å². The molecule has 0 spiro atoms. The Balaban J connectivity index is 2.11. The summed E-state index contributed by atoms with van der Waals surface area (Å²) in [7, 11) is 0. The molecule has 0 saturated carbocycles. The molecule has 132 valence electrons. The van der Waals surface area contributed by atoms with Crippen molar-refractivity contribution in [3.8, 4) is 5.75 Å². The van der Waals surface area contributed by atoms with Gasteiger partial charge in [0.15, 0.2) is 6.10 Å². The Morgan fingerprint density at radius 1 is 1.24 bits per heavy atom. The van der Waals surface area contributed by atoms with Crippen LogP contribution in [0.2, 0.25) is 0 Å². The van der Waals surface area contributed by atoms with Gasteiger partial charge in [-0.3, -0.25) is 19.3 Å². The van der Waals surface area contributed by atoms with Crippen LogP contribution in [0.4, 0.5) is 4.79 Å². The smallest absolute Gasteiger partial charge is 0.344 e. The molecular weight excluding hydrogens is 350 g/mol. The SMILES string of the molecule is CCC(Oc1ccc(/C=C2\SC(=O)N(CC(=O)O)C2=O)cc1)C(=O)O. The van der Waals surface area contributed by atoms with Crippen molar-refractivity contribution in [1.29, 1.82) is 0 Å². The van der Waals surface area contributed by atoms with Crippen LogP contribution in [0.1, 0.15) is 18.9 Å². The summed E-state index contributed by atoms with van der Waals surface area (Å²) in [5.41, 5.74) is 0.594. The van der Waals surface area contributed by atoms with Gasteiger partial charge in [-0.05, 0) is 42.0 Å². The Morgan fingerprint density at radius 2 is 1.88 bits per heavy atom. The molecule has 1 unspecified atom stereocenters. The number of carboxylic acids is 2. The van der Waals surface area contributed by atoms with E-state index in [4.69, 9.17) is 14.9 Å². The van der Waals surface area contributed by atoms with Crippen molar-refractivity contribution < 1.29 is 34.1 Å². The molecule has 2 N–H and O–H groups in total. The monoisotopic (exact) mass is 365 g/mol. The molecule has 1 saturated heterocycles. The lowest BCUT2D eigenvalue weighted by Crippen LogP contribution is -2.33. The van der Waals surface area contributed by atoms with Gasteiger partial charge in [0, 0.05) is 0 Å². The first-order valence-electron chi connectivity index (χ1n) is 7.28. The molecule has 0 bridgehead atoms. The fourth-order valence-electron chi connectivity index (χ4n) is 2.04. The summed E-state index contributed by atoms with van der Waals surface area (Å²) in [4.78, 5) is 46.1. The number of thioether (sulfide) groups is 1. The van der Waals surface area contributed by atoms with Gasteiger partial charge in [-0.15, -0.1) is 0 Å². The number of amides is 2. The summed E-state index contributed by atoms with van der Waals surface area (Å²) in [6, 6.07) is 6.32. The lowest BCUT2D eigenvalue weighted by atomic mass is 10.2. The Hall–Kier alpha value is -2.81. The maximum atomic E-state index is 12.0. The van der Waals surface area contributed by atoms with E-state index in [1.54, 1.807) is 31.2 Å². The van der Waals surface area contributed by atoms with Crippen molar-refractivity contribution in [1.82, 2.24) is 4.90 Å². The minimum atomic E-state index is -1.27. The van der Waals surface area contributed by atoms with Crippen LogP contribution in [-0.2, 0) is 14.4 Å². The quantitative estimate of drug-likeness (QED) is 0.704. The number of aliphatic carboxylic acids is 2. The highest BCUT2D eigenvalue weighted by Crippen LogP contribution is 2.32. The van der Waals surface area contributed by atoms with Crippen LogP contribution in [-0.4, -0.2) is 50.8 Å². The third-order valence-corrected chi connectivity index (χ3v) is 4.18. The molecule has 0 radical (unpaired) electrons. The summed E-state index contributed by atoms with van der Waals surface area (Å²) in [5.74, 6) is -2.62. The minimum absolute atomic E-state index is 0.122. The van der Waals surface area contributed by atoms with Crippen LogP contribution < -0.4 is 4.74 Å². The number of hydrogen-bond acceptors (Lipinski definition) is 6. The second-order valence-corrected chi connectivity index (χ2v) is 6.08. The highest BCUT2D eigenvalue weighted by molar-refractivity contribution is 8.18. The molecule has 1 heterocycles. The van der Waals surface area contributed by atoms with Crippen molar-refractivity contribution in [2.75, 3.05) is 6.54 Å². The fourth-order valence-corrected chi connectivity index (χ4v) is 2.88. The third-order valence-electron chi connectivity index (χ3n) is 3.27. The zero-order chi connectivity index (χ0) is 18.6. The topological polar surface area (TPSA) is 121 Å². The van der Waals surface area contributed by atoms with Crippen molar-refractivity contribution in [2.45, 2.75) is 19.4 Å². The first-order chi connectivity index (χ1) is 11.8. The number of carbonyl (C=O) groups is 4. The second kappa shape index (κ2) is 7.84. The maximum absolute atomic E-state index is 12.0. The molecule has 1 atom stereocenters. The van der Waals surface area contributed by atoms with Crippen molar-refractivity contribution in [3.63, 3.8) is 0 Å². The molecule has 25 heavy (non-hydrogen) atoms. The molecule has 8 nitrogen and oxygen atoms in total. The van der Waals surface area contributed by atoms with Gasteiger partial charge in [0.25, 0.3) is 11.1 Å². The number of carbonyl (C=O) groups excluding carboxylic acids is 2. The number of nitrogens with zero attached hydrogens (tertiary/aromatic N) is 1. The number of carboxylic acid groups (broad SMARTS) is 2. The minimum Gasteiger partial charge on any atom is -0.480 e. The zero-order valence-electron chi connectivity index (χ0n) is 13.2. The molecule has 1 fully saturated rings. The van der Waals surface area contributed by atoms with E-state index in [1.165, 1.54) is 6.08 Å². The second-order valence-electron chi connectivity index (χ2n) is 5.08. The molecule has 1 aromatic rings. The van der Waals surface area contributed by atoms with Crippen LogP contribution in [0.15, 0.2) is 29.2 Å². The summed E-state index contributed by atoms with van der Waals surface area (Å²) in [6.45, 7) is 1.02.